The standard InChI is InChI=1S/C15H19FN4O/c1-21-15(9-3-2-4-10(15)8-17-7-9)12-5-11(16)6-13-14(12)19-20-18-13/h5-6,9-10,17H,2-4,7-8H2,1H3,(H,18,19,20). The van der Waals surface area contributed by atoms with Crippen LogP contribution in [0.25, 0.3) is 11.0 Å². The van der Waals surface area contributed by atoms with Crippen LogP contribution in [-0.4, -0.2) is 35.6 Å². The second-order valence-electron chi connectivity index (χ2n) is 6.12. The van der Waals surface area contributed by atoms with Crippen molar-refractivity contribution in [3.63, 3.8) is 0 Å². The number of benzene rings is 1. The highest BCUT2D eigenvalue weighted by Crippen LogP contribution is 2.51. The van der Waals surface area contributed by atoms with Gasteiger partial charge in [0.05, 0.1) is 0 Å². The number of hydrogen-bond acceptors (Lipinski definition) is 4. The van der Waals surface area contributed by atoms with Crippen LogP contribution in [0.3, 0.4) is 0 Å². The van der Waals surface area contributed by atoms with Crippen molar-refractivity contribution in [3.8, 4) is 0 Å². The first-order chi connectivity index (χ1) is 10.3. The van der Waals surface area contributed by atoms with E-state index in [0.29, 0.717) is 17.4 Å². The van der Waals surface area contributed by atoms with E-state index >= 15 is 0 Å². The number of nitrogens with one attached hydrogen (secondary N) is 2. The van der Waals surface area contributed by atoms with Gasteiger partial charge in [-0.2, -0.15) is 15.4 Å². The molecule has 2 aliphatic rings. The molecule has 1 aliphatic heterocycles. The summed E-state index contributed by atoms with van der Waals surface area (Å²) >= 11 is 0. The lowest BCUT2D eigenvalue weighted by atomic mass is 9.62. The molecule has 2 fully saturated rings. The van der Waals surface area contributed by atoms with Gasteiger partial charge in [0.1, 0.15) is 22.5 Å². The van der Waals surface area contributed by atoms with E-state index in [2.05, 4.69) is 20.7 Å². The second-order valence-corrected chi connectivity index (χ2v) is 6.12. The molecular weight excluding hydrogens is 271 g/mol. The molecule has 1 saturated heterocycles. The van der Waals surface area contributed by atoms with Gasteiger partial charge in [0, 0.05) is 43.7 Å². The number of piperidine rings is 1. The summed E-state index contributed by atoms with van der Waals surface area (Å²) in [4.78, 5) is 0. The van der Waals surface area contributed by atoms with Gasteiger partial charge < -0.3 is 10.1 Å². The van der Waals surface area contributed by atoms with Crippen LogP contribution in [0, 0.1) is 17.7 Å². The maximum atomic E-state index is 14.1. The third-order valence-corrected chi connectivity index (χ3v) is 5.25. The summed E-state index contributed by atoms with van der Waals surface area (Å²) < 4.78 is 20.1. The third-order valence-electron chi connectivity index (χ3n) is 5.25. The van der Waals surface area contributed by atoms with E-state index in [4.69, 9.17) is 4.74 Å². The molecule has 112 valence electrons. The van der Waals surface area contributed by atoms with Gasteiger partial charge in [0.25, 0.3) is 0 Å². The highest BCUT2D eigenvalue weighted by molar-refractivity contribution is 5.78. The van der Waals surface area contributed by atoms with Crippen LogP contribution in [0.1, 0.15) is 24.8 Å². The van der Waals surface area contributed by atoms with E-state index in [1.54, 1.807) is 13.2 Å². The molecule has 1 aliphatic carbocycles. The summed E-state index contributed by atoms with van der Waals surface area (Å²) in [6.07, 6.45) is 3.39. The molecule has 1 aromatic carbocycles. The molecule has 1 saturated carbocycles. The van der Waals surface area contributed by atoms with Gasteiger partial charge >= 0.3 is 0 Å². The van der Waals surface area contributed by atoms with E-state index < -0.39 is 5.60 Å². The second kappa shape index (κ2) is 4.74. The molecule has 2 atom stereocenters. The number of nitrogens with zero attached hydrogens (tertiary/aromatic N) is 2. The molecular formula is C15H19FN4O. The quantitative estimate of drug-likeness (QED) is 0.887. The highest BCUT2D eigenvalue weighted by Gasteiger charge is 2.52. The van der Waals surface area contributed by atoms with Crippen molar-refractivity contribution in [2.45, 2.75) is 24.9 Å². The van der Waals surface area contributed by atoms with E-state index in [9.17, 15) is 4.39 Å². The molecule has 4 rings (SSSR count). The Morgan fingerprint density at radius 2 is 2.00 bits per heavy atom. The van der Waals surface area contributed by atoms with Crippen molar-refractivity contribution in [3.05, 3.63) is 23.5 Å². The van der Waals surface area contributed by atoms with Gasteiger partial charge in [-0.05, 0) is 18.9 Å². The summed E-state index contributed by atoms with van der Waals surface area (Å²) in [6.45, 7) is 1.81. The van der Waals surface area contributed by atoms with Crippen LogP contribution in [0.4, 0.5) is 4.39 Å². The summed E-state index contributed by atoms with van der Waals surface area (Å²) in [7, 11) is 1.74. The topological polar surface area (TPSA) is 62.8 Å². The van der Waals surface area contributed by atoms with Crippen LogP contribution in [-0.2, 0) is 10.3 Å². The molecule has 21 heavy (non-hydrogen) atoms. The Morgan fingerprint density at radius 1 is 1.24 bits per heavy atom. The van der Waals surface area contributed by atoms with Crippen LogP contribution in [0.5, 0.6) is 0 Å². The molecule has 5 nitrogen and oxygen atoms in total. The van der Waals surface area contributed by atoms with Gasteiger partial charge in [-0.1, -0.05) is 6.42 Å². The number of aromatic nitrogens is 3. The zero-order valence-electron chi connectivity index (χ0n) is 12.0. The molecule has 2 heterocycles. The minimum absolute atomic E-state index is 0.278. The molecule has 2 unspecified atom stereocenters. The molecule has 1 aromatic heterocycles. The first-order valence-corrected chi connectivity index (χ1v) is 7.52. The number of fused-ring (bicyclic) bond motifs is 3. The summed E-state index contributed by atoms with van der Waals surface area (Å²) in [5.41, 5.74) is 1.70. The summed E-state index contributed by atoms with van der Waals surface area (Å²) in [5, 5.41) is 14.4. The molecule has 2 bridgehead atoms. The predicted molar refractivity (Wildman–Crippen MR) is 76.2 cm³/mol. The maximum Gasteiger partial charge on any atom is 0.125 e. The normalized spacial score (nSPS) is 32.5. The molecule has 0 spiro atoms. The first-order valence-electron chi connectivity index (χ1n) is 7.52. The number of rotatable bonds is 2. The van der Waals surface area contributed by atoms with Gasteiger partial charge in [0.15, 0.2) is 0 Å². The third kappa shape index (κ3) is 1.75. The van der Waals surface area contributed by atoms with E-state index in [-0.39, 0.29) is 5.82 Å². The van der Waals surface area contributed by atoms with E-state index in [0.717, 1.165) is 37.0 Å². The van der Waals surface area contributed by atoms with Crippen LogP contribution in [0.2, 0.25) is 0 Å². The van der Waals surface area contributed by atoms with Crippen LogP contribution < -0.4 is 5.32 Å². The maximum absolute atomic E-state index is 14.1. The molecule has 0 radical (unpaired) electrons. The largest absolute Gasteiger partial charge is 0.373 e. The lowest BCUT2D eigenvalue weighted by Crippen LogP contribution is -2.58. The monoisotopic (exact) mass is 290 g/mol. The lowest BCUT2D eigenvalue weighted by molar-refractivity contribution is -0.143. The average Bonchev–Trinajstić information content (AvgIpc) is 2.93. The lowest BCUT2D eigenvalue weighted by Gasteiger charge is -2.52. The molecule has 0 amide bonds. The predicted octanol–water partition coefficient (Wildman–Crippen LogP) is 1.96. The Kier molecular flexibility index (Phi) is 2.97. The fourth-order valence-electron chi connectivity index (χ4n) is 4.41. The van der Waals surface area contributed by atoms with Gasteiger partial charge in [-0.15, -0.1) is 0 Å². The van der Waals surface area contributed by atoms with Crippen molar-refractivity contribution >= 4 is 11.0 Å². The van der Waals surface area contributed by atoms with Crippen molar-refractivity contribution < 1.29 is 9.13 Å². The van der Waals surface area contributed by atoms with Crippen LogP contribution in [0.15, 0.2) is 12.1 Å². The minimum Gasteiger partial charge on any atom is -0.373 e. The SMILES string of the molecule is COC1(c2cc(F)cc3n[nH]nc23)C2CCCC1CNC2. The Hall–Kier alpha value is -1.53. The fourth-order valence-corrected chi connectivity index (χ4v) is 4.41. The number of ether oxygens (including phenoxy) is 1. The van der Waals surface area contributed by atoms with Crippen LogP contribution >= 0.6 is 0 Å². The molecule has 2 N–H and O–H groups in total. The number of aromatic amines is 1. The summed E-state index contributed by atoms with van der Waals surface area (Å²) in [6, 6.07) is 3.01. The Bertz CT molecular complexity index is 649. The molecule has 2 aromatic rings. The van der Waals surface area contributed by atoms with Crippen molar-refractivity contribution in [1.29, 1.82) is 0 Å². The van der Waals surface area contributed by atoms with Crippen molar-refractivity contribution in [1.82, 2.24) is 20.7 Å². The number of methoxy groups -OCH3 is 1. The van der Waals surface area contributed by atoms with Gasteiger partial charge in [-0.25, -0.2) is 4.39 Å². The van der Waals surface area contributed by atoms with Gasteiger partial charge in [0.2, 0.25) is 0 Å². The average molecular weight is 290 g/mol. The van der Waals surface area contributed by atoms with Gasteiger partial charge in [-0.3, -0.25) is 0 Å². The fraction of sp³-hybridized carbons (Fsp3) is 0.600. The zero-order chi connectivity index (χ0) is 14.4. The van der Waals surface area contributed by atoms with Crippen molar-refractivity contribution in [2.24, 2.45) is 11.8 Å². The smallest absolute Gasteiger partial charge is 0.125 e. The Morgan fingerprint density at radius 3 is 2.71 bits per heavy atom. The van der Waals surface area contributed by atoms with E-state index in [1.807, 2.05) is 0 Å². The highest BCUT2D eigenvalue weighted by atomic mass is 19.1. The number of H-pyrrole nitrogens is 1. The summed E-state index contributed by atoms with van der Waals surface area (Å²) in [5.74, 6) is 0.410. The number of hydrogen-bond donors (Lipinski definition) is 2. The molecule has 6 heteroatoms. The number of halogens is 1. The Labute approximate surface area is 122 Å². The van der Waals surface area contributed by atoms with E-state index in [1.165, 1.54) is 12.5 Å². The first kappa shape index (κ1) is 13.2. The zero-order valence-corrected chi connectivity index (χ0v) is 12.0. The Balaban J connectivity index is 1.97. The minimum atomic E-state index is -0.458. The van der Waals surface area contributed by atoms with Crippen molar-refractivity contribution in [2.75, 3.05) is 20.2 Å².